The van der Waals surface area contributed by atoms with Crippen LogP contribution in [-0.4, -0.2) is 17.5 Å². The highest BCUT2D eigenvalue weighted by molar-refractivity contribution is 6.32. The van der Waals surface area contributed by atoms with Crippen LogP contribution in [0.1, 0.15) is 49.9 Å². The Bertz CT molecular complexity index is 1190. The number of hydrogen-bond donors (Lipinski definition) is 2. The summed E-state index contributed by atoms with van der Waals surface area (Å²) in [6.45, 7) is 5.37. The van der Waals surface area contributed by atoms with Gasteiger partial charge in [0.25, 0.3) is 0 Å². The number of anilines is 3. The van der Waals surface area contributed by atoms with Crippen LogP contribution >= 0.6 is 0 Å². The maximum absolute atomic E-state index is 13.3. The number of nitrogens with one attached hydrogen (secondary N) is 2. The summed E-state index contributed by atoms with van der Waals surface area (Å²) >= 11 is 0. The van der Waals surface area contributed by atoms with Crippen molar-refractivity contribution in [3.8, 4) is 0 Å². The van der Waals surface area contributed by atoms with Crippen LogP contribution in [0.5, 0.6) is 0 Å². The molecule has 0 fully saturated rings. The zero-order valence-electron chi connectivity index (χ0n) is 16.4. The molecule has 5 heteroatoms. The van der Waals surface area contributed by atoms with E-state index in [-0.39, 0.29) is 28.6 Å². The number of carbonyl (C=O) groups is 3. The van der Waals surface area contributed by atoms with Gasteiger partial charge in [-0.1, -0.05) is 42.0 Å². The van der Waals surface area contributed by atoms with Gasteiger partial charge in [0.1, 0.15) is 0 Å². The van der Waals surface area contributed by atoms with Gasteiger partial charge in [-0.15, -0.1) is 0 Å². The second-order valence-electron chi connectivity index (χ2n) is 7.24. The first-order chi connectivity index (χ1) is 13.9. The minimum Gasteiger partial charge on any atom is -0.355 e. The van der Waals surface area contributed by atoms with E-state index in [1.807, 2.05) is 32.0 Å². The molecule has 3 aromatic carbocycles. The molecule has 1 aliphatic rings. The van der Waals surface area contributed by atoms with E-state index in [1.54, 1.807) is 36.4 Å². The first-order valence-electron chi connectivity index (χ1n) is 9.34. The van der Waals surface area contributed by atoms with E-state index in [9.17, 15) is 14.4 Å². The third-order valence-corrected chi connectivity index (χ3v) is 5.04. The van der Waals surface area contributed by atoms with Crippen molar-refractivity contribution in [3.63, 3.8) is 0 Å². The molecule has 1 amide bonds. The highest BCUT2D eigenvalue weighted by atomic mass is 16.2. The fourth-order valence-corrected chi connectivity index (χ4v) is 3.72. The zero-order valence-corrected chi connectivity index (χ0v) is 16.4. The Labute approximate surface area is 168 Å². The van der Waals surface area contributed by atoms with Gasteiger partial charge >= 0.3 is 0 Å². The van der Waals surface area contributed by atoms with Gasteiger partial charge in [0, 0.05) is 23.7 Å². The maximum atomic E-state index is 13.3. The van der Waals surface area contributed by atoms with Crippen molar-refractivity contribution < 1.29 is 14.4 Å². The van der Waals surface area contributed by atoms with Crippen LogP contribution in [0.25, 0.3) is 0 Å². The molecule has 29 heavy (non-hydrogen) atoms. The first-order valence-corrected chi connectivity index (χ1v) is 9.34. The highest BCUT2D eigenvalue weighted by Gasteiger charge is 2.34. The van der Waals surface area contributed by atoms with Gasteiger partial charge in [0.05, 0.1) is 22.5 Å². The Balaban J connectivity index is 1.92. The normalized spacial score (nSPS) is 12.2. The van der Waals surface area contributed by atoms with Gasteiger partial charge in [-0.25, -0.2) is 0 Å². The Morgan fingerprint density at radius 1 is 0.759 bits per heavy atom. The molecule has 2 N–H and O–H groups in total. The van der Waals surface area contributed by atoms with Crippen LogP contribution in [0.3, 0.4) is 0 Å². The number of amides is 1. The molecule has 0 radical (unpaired) electrons. The average Bonchev–Trinajstić information content (AvgIpc) is 2.68. The minimum absolute atomic E-state index is 0.221. The van der Waals surface area contributed by atoms with Crippen molar-refractivity contribution in [3.05, 3.63) is 88.0 Å². The lowest BCUT2D eigenvalue weighted by molar-refractivity contribution is -0.114. The van der Waals surface area contributed by atoms with Crippen molar-refractivity contribution >= 4 is 34.5 Å². The van der Waals surface area contributed by atoms with E-state index < -0.39 is 0 Å². The van der Waals surface area contributed by atoms with Crippen LogP contribution in [0, 0.1) is 13.8 Å². The molecule has 0 spiro atoms. The third-order valence-electron chi connectivity index (χ3n) is 5.04. The first kappa shape index (κ1) is 18.6. The zero-order chi connectivity index (χ0) is 20.7. The van der Waals surface area contributed by atoms with Crippen LogP contribution < -0.4 is 10.6 Å². The number of benzene rings is 3. The molecule has 0 aromatic heterocycles. The lowest BCUT2D eigenvalue weighted by Crippen LogP contribution is -2.24. The fourth-order valence-electron chi connectivity index (χ4n) is 3.72. The molecule has 0 aliphatic heterocycles. The Kier molecular flexibility index (Phi) is 4.51. The van der Waals surface area contributed by atoms with Gasteiger partial charge in [-0.3, -0.25) is 14.4 Å². The molecular formula is C24H20N2O3. The number of hydrogen-bond acceptors (Lipinski definition) is 4. The standard InChI is InChI=1S/C24H20N2O3/c1-13-8-9-18(14(2)12-13)26-20-11-10-19(25-15(3)27)21-22(20)24(29)17-7-5-4-6-16(17)23(21)28/h4-12,26H,1-3H3,(H,25,27). The van der Waals surface area contributed by atoms with E-state index >= 15 is 0 Å². The minimum atomic E-state index is -0.304. The van der Waals surface area contributed by atoms with Crippen LogP contribution in [0.4, 0.5) is 17.1 Å². The smallest absolute Gasteiger partial charge is 0.221 e. The third kappa shape index (κ3) is 3.21. The summed E-state index contributed by atoms with van der Waals surface area (Å²) in [5, 5.41) is 5.99. The van der Waals surface area contributed by atoms with E-state index in [0.717, 1.165) is 16.8 Å². The predicted octanol–water partition coefficient (Wildman–Crippen LogP) is 4.78. The lowest BCUT2D eigenvalue weighted by Gasteiger charge is -2.24. The van der Waals surface area contributed by atoms with Crippen LogP contribution in [0.15, 0.2) is 54.6 Å². The molecule has 5 nitrogen and oxygen atoms in total. The SMILES string of the molecule is CC(=O)Nc1ccc(Nc2ccc(C)cc2C)c2c1C(=O)c1ccccc1C2=O. The molecule has 4 rings (SSSR count). The summed E-state index contributed by atoms with van der Waals surface area (Å²) in [5.41, 5.74) is 5.10. The van der Waals surface area contributed by atoms with Crippen molar-refractivity contribution in [1.29, 1.82) is 0 Å². The number of rotatable bonds is 3. The molecule has 0 atom stereocenters. The van der Waals surface area contributed by atoms with Crippen LogP contribution in [-0.2, 0) is 4.79 Å². The monoisotopic (exact) mass is 384 g/mol. The second-order valence-corrected chi connectivity index (χ2v) is 7.24. The molecule has 1 aliphatic carbocycles. The van der Waals surface area contributed by atoms with Gasteiger partial charge in [0.15, 0.2) is 11.6 Å². The van der Waals surface area contributed by atoms with Gasteiger partial charge in [-0.2, -0.15) is 0 Å². The van der Waals surface area contributed by atoms with E-state index in [2.05, 4.69) is 10.6 Å². The summed E-state index contributed by atoms with van der Waals surface area (Å²) in [7, 11) is 0. The van der Waals surface area contributed by atoms with Gasteiger partial charge < -0.3 is 10.6 Å². The van der Waals surface area contributed by atoms with Crippen LogP contribution in [0.2, 0.25) is 0 Å². The summed E-state index contributed by atoms with van der Waals surface area (Å²) in [6.07, 6.45) is 0. The molecule has 0 bridgehead atoms. The largest absolute Gasteiger partial charge is 0.355 e. The lowest BCUT2D eigenvalue weighted by atomic mass is 9.82. The summed E-state index contributed by atoms with van der Waals surface area (Å²) in [4.78, 5) is 38.2. The topological polar surface area (TPSA) is 75.3 Å². The van der Waals surface area contributed by atoms with Crippen molar-refractivity contribution in [2.75, 3.05) is 10.6 Å². The van der Waals surface area contributed by atoms with Crippen molar-refractivity contribution in [2.45, 2.75) is 20.8 Å². The summed E-state index contributed by atoms with van der Waals surface area (Å²) < 4.78 is 0. The summed E-state index contributed by atoms with van der Waals surface area (Å²) in [6, 6.07) is 16.1. The Morgan fingerprint density at radius 2 is 1.31 bits per heavy atom. The molecule has 0 saturated carbocycles. The quantitative estimate of drug-likeness (QED) is 0.533. The maximum Gasteiger partial charge on any atom is 0.221 e. The molecule has 3 aromatic rings. The van der Waals surface area contributed by atoms with Gasteiger partial charge in [0.2, 0.25) is 5.91 Å². The number of aryl methyl sites for hydroxylation is 2. The average molecular weight is 384 g/mol. The molecule has 0 saturated heterocycles. The molecule has 0 unspecified atom stereocenters. The molecular weight excluding hydrogens is 364 g/mol. The second kappa shape index (κ2) is 7.02. The fraction of sp³-hybridized carbons (Fsp3) is 0.125. The van der Waals surface area contributed by atoms with Crippen molar-refractivity contribution in [2.24, 2.45) is 0 Å². The Hall–Kier alpha value is -3.73. The highest BCUT2D eigenvalue weighted by Crippen LogP contribution is 2.38. The van der Waals surface area contributed by atoms with E-state index in [4.69, 9.17) is 0 Å². The molecule has 144 valence electrons. The van der Waals surface area contributed by atoms with E-state index in [1.165, 1.54) is 6.92 Å². The van der Waals surface area contributed by atoms with Crippen molar-refractivity contribution in [1.82, 2.24) is 0 Å². The van der Waals surface area contributed by atoms with Gasteiger partial charge in [-0.05, 0) is 37.6 Å². The number of fused-ring (bicyclic) bond motifs is 2. The number of carbonyl (C=O) groups excluding carboxylic acids is 3. The Morgan fingerprint density at radius 3 is 1.90 bits per heavy atom. The van der Waals surface area contributed by atoms with E-state index in [0.29, 0.717) is 22.5 Å². The predicted molar refractivity (Wildman–Crippen MR) is 113 cm³/mol. The molecule has 0 heterocycles. The number of ketones is 2. The summed E-state index contributed by atoms with van der Waals surface area (Å²) in [5.74, 6) is -0.820.